The lowest BCUT2D eigenvalue weighted by molar-refractivity contribution is 0.112. The summed E-state index contributed by atoms with van der Waals surface area (Å²) in [5.41, 5.74) is 0.603. The van der Waals surface area contributed by atoms with E-state index in [1.165, 1.54) is 0 Å². The van der Waals surface area contributed by atoms with Crippen molar-refractivity contribution in [2.45, 2.75) is 0 Å². The number of aldehydes is 1. The highest BCUT2D eigenvalue weighted by Gasteiger charge is 2.04. The summed E-state index contributed by atoms with van der Waals surface area (Å²) in [7, 11) is 0. The van der Waals surface area contributed by atoms with Gasteiger partial charge in [0.05, 0.1) is 0 Å². The number of fused-ring (bicyclic) bond motifs is 1. The van der Waals surface area contributed by atoms with Crippen molar-refractivity contribution in [3.8, 4) is 11.5 Å². The first-order chi connectivity index (χ1) is 10.2. The molecule has 0 heterocycles. The monoisotopic (exact) mass is 404 g/mol. The summed E-state index contributed by atoms with van der Waals surface area (Å²) < 4.78 is 7.61. The highest BCUT2D eigenvalue weighted by Crippen LogP contribution is 2.29. The van der Waals surface area contributed by atoms with Gasteiger partial charge in [-0.2, -0.15) is 0 Å². The van der Waals surface area contributed by atoms with Crippen LogP contribution < -0.4 is 4.74 Å². The number of benzene rings is 3. The predicted molar refractivity (Wildman–Crippen MR) is 91.3 cm³/mol. The molecule has 0 unspecified atom stereocenters. The Hall–Kier alpha value is -1.65. The number of ether oxygens (including phenoxy) is 1. The molecule has 0 aliphatic heterocycles. The quantitative estimate of drug-likeness (QED) is 0.501. The molecule has 21 heavy (non-hydrogen) atoms. The third-order valence-corrected chi connectivity index (χ3v) is 4.29. The molecule has 0 aromatic heterocycles. The maximum absolute atomic E-state index is 10.8. The fourth-order valence-electron chi connectivity index (χ4n) is 2.06. The summed E-state index contributed by atoms with van der Waals surface area (Å²) in [5.74, 6) is 1.44. The number of carbonyl (C=O) groups excluding carboxylic acids is 1. The molecule has 104 valence electrons. The molecule has 4 heteroatoms. The minimum absolute atomic E-state index is 0.603. The lowest BCUT2D eigenvalue weighted by Gasteiger charge is -2.08. The van der Waals surface area contributed by atoms with Crippen LogP contribution in [0, 0.1) is 0 Å². The predicted octanol–water partition coefficient (Wildman–Crippen LogP) is 5.97. The van der Waals surface area contributed by atoms with E-state index >= 15 is 0 Å². The molecule has 0 fully saturated rings. The van der Waals surface area contributed by atoms with Gasteiger partial charge in [-0.15, -0.1) is 0 Å². The molecule has 0 radical (unpaired) electrons. The Balaban J connectivity index is 1.92. The minimum atomic E-state index is 0.603. The van der Waals surface area contributed by atoms with Gasteiger partial charge in [0.15, 0.2) is 6.29 Å². The van der Waals surface area contributed by atoms with Gasteiger partial charge >= 0.3 is 0 Å². The molecular formula is C17H10Br2O2. The van der Waals surface area contributed by atoms with Crippen LogP contribution in [0.3, 0.4) is 0 Å². The van der Waals surface area contributed by atoms with E-state index in [4.69, 9.17) is 4.74 Å². The lowest BCUT2D eigenvalue weighted by atomic mass is 10.1. The van der Waals surface area contributed by atoms with Gasteiger partial charge in [-0.1, -0.05) is 28.1 Å². The second kappa shape index (κ2) is 6.00. The van der Waals surface area contributed by atoms with Crippen LogP contribution in [-0.2, 0) is 0 Å². The Morgan fingerprint density at radius 2 is 1.48 bits per heavy atom. The van der Waals surface area contributed by atoms with Crippen LogP contribution in [0.1, 0.15) is 10.4 Å². The van der Waals surface area contributed by atoms with Crippen molar-refractivity contribution >= 4 is 48.9 Å². The Morgan fingerprint density at radius 3 is 2.24 bits per heavy atom. The summed E-state index contributed by atoms with van der Waals surface area (Å²) in [5, 5.41) is 2.26. The highest BCUT2D eigenvalue weighted by molar-refractivity contribution is 9.10. The molecule has 3 aromatic rings. The molecule has 0 spiro atoms. The smallest absolute Gasteiger partial charge is 0.151 e. The van der Waals surface area contributed by atoms with Gasteiger partial charge < -0.3 is 4.74 Å². The maximum Gasteiger partial charge on any atom is 0.151 e. The lowest BCUT2D eigenvalue weighted by Crippen LogP contribution is -1.87. The first-order valence-corrected chi connectivity index (χ1v) is 7.86. The molecule has 0 N–H and O–H groups in total. The van der Waals surface area contributed by atoms with Crippen molar-refractivity contribution in [1.82, 2.24) is 0 Å². The zero-order valence-electron chi connectivity index (χ0n) is 10.8. The third kappa shape index (κ3) is 3.17. The molecule has 3 aromatic carbocycles. The zero-order chi connectivity index (χ0) is 14.8. The van der Waals surface area contributed by atoms with Crippen molar-refractivity contribution in [2.75, 3.05) is 0 Å². The normalized spacial score (nSPS) is 10.6. The van der Waals surface area contributed by atoms with Crippen molar-refractivity contribution in [2.24, 2.45) is 0 Å². The topological polar surface area (TPSA) is 26.3 Å². The van der Waals surface area contributed by atoms with Crippen molar-refractivity contribution in [3.63, 3.8) is 0 Å². The fraction of sp³-hybridized carbons (Fsp3) is 0. The fourth-order valence-corrected chi connectivity index (χ4v) is 2.89. The van der Waals surface area contributed by atoms with Crippen molar-refractivity contribution in [1.29, 1.82) is 0 Å². The van der Waals surface area contributed by atoms with E-state index in [0.29, 0.717) is 11.3 Å². The molecule has 2 nitrogen and oxygen atoms in total. The summed E-state index contributed by atoms with van der Waals surface area (Å²) in [4.78, 5) is 10.8. The van der Waals surface area contributed by atoms with E-state index in [0.717, 1.165) is 31.8 Å². The molecule has 0 aliphatic carbocycles. The van der Waals surface area contributed by atoms with Gasteiger partial charge in [-0.3, -0.25) is 4.79 Å². The molecule has 0 amide bonds. The van der Waals surface area contributed by atoms with Gasteiger partial charge in [0.1, 0.15) is 11.5 Å². The van der Waals surface area contributed by atoms with E-state index in [2.05, 4.69) is 37.9 Å². The van der Waals surface area contributed by atoms with E-state index in [-0.39, 0.29) is 0 Å². The number of carbonyl (C=O) groups is 1. The minimum Gasteiger partial charge on any atom is -0.457 e. The van der Waals surface area contributed by atoms with Crippen LogP contribution in [0.4, 0.5) is 0 Å². The van der Waals surface area contributed by atoms with E-state index in [9.17, 15) is 4.79 Å². The van der Waals surface area contributed by atoms with Crippen LogP contribution >= 0.6 is 31.9 Å². The summed E-state index contributed by atoms with van der Waals surface area (Å²) in [6.45, 7) is 0. The standard InChI is InChI=1S/C17H10Br2O2/c18-14-4-1-12-8-15(5-2-11(12)7-14)21-16-6-3-13(10-20)17(19)9-16/h1-10H. The summed E-state index contributed by atoms with van der Waals surface area (Å²) in [6, 6.07) is 17.3. The van der Waals surface area contributed by atoms with Gasteiger partial charge in [0.25, 0.3) is 0 Å². The second-order valence-electron chi connectivity index (χ2n) is 4.56. The van der Waals surface area contributed by atoms with Gasteiger partial charge in [0.2, 0.25) is 0 Å². The Bertz CT molecular complexity index is 828. The molecule has 0 saturated carbocycles. The first-order valence-electron chi connectivity index (χ1n) is 6.27. The van der Waals surface area contributed by atoms with E-state index < -0.39 is 0 Å². The van der Waals surface area contributed by atoms with E-state index in [1.54, 1.807) is 18.2 Å². The van der Waals surface area contributed by atoms with Crippen LogP contribution in [-0.4, -0.2) is 6.29 Å². The molecule has 0 aliphatic rings. The molecular weight excluding hydrogens is 396 g/mol. The van der Waals surface area contributed by atoms with Crippen LogP contribution in [0.25, 0.3) is 10.8 Å². The average Bonchev–Trinajstić information content (AvgIpc) is 2.48. The first kappa shape index (κ1) is 14.3. The van der Waals surface area contributed by atoms with Gasteiger partial charge in [-0.05, 0) is 69.2 Å². The number of halogens is 2. The van der Waals surface area contributed by atoms with Crippen LogP contribution in [0.15, 0.2) is 63.5 Å². The van der Waals surface area contributed by atoms with Crippen LogP contribution in [0.2, 0.25) is 0 Å². The number of hydrogen-bond acceptors (Lipinski definition) is 2. The molecule has 3 rings (SSSR count). The van der Waals surface area contributed by atoms with E-state index in [1.807, 2.05) is 30.3 Å². The Kier molecular flexibility index (Phi) is 4.08. The molecule has 0 atom stereocenters. The largest absolute Gasteiger partial charge is 0.457 e. The Labute approximate surface area is 139 Å². The van der Waals surface area contributed by atoms with Crippen molar-refractivity contribution in [3.05, 3.63) is 69.1 Å². The third-order valence-electron chi connectivity index (χ3n) is 3.11. The maximum atomic E-state index is 10.8. The number of rotatable bonds is 3. The highest BCUT2D eigenvalue weighted by atomic mass is 79.9. The SMILES string of the molecule is O=Cc1ccc(Oc2ccc3cc(Br)ccc3c2)cc1Br. The average molecular weight is 406 g/mol. The van der Waals surface area contributed by atoms with Crippen molar-refractivity contribution < 1.29 is 9.53 Å². The van der Waals surface area contributed by atoms with Gasteiger partial charge in [0, 0.05) is 14.5 Å². The van der Waals surface area contributed by atoms with Gasteiger partial charge in [-0.25, -0.2) is 0 Å². The molecule has 0 saturated heterocycles. The number of hydrogen-bond donors (Lipinski definition) is 0. The zero-order valence-corrected chi connectivity index (χ0v) is 14.0. The second-order valence-corrected chi connectivity index (χ2v) is 6.33. The Morgan fingerprint density at radius 1 is 0.810 bits per heavy atom. The van der Waals surface area contributed by atoms with Crippen LogP contribution in [0.5, 0.6) is 11.5 Å². The molecule has 0 bridgehead atoms. The summed E-state index contributed by atoms with van der Waals surface area (Å²) >= 11 is 6.81. The summed E-state index contributed by atoms with van der Waals surface area (Å²) in [6.07, 6.45) is 0.807.